The first-order valence-electron chi connectivity index (χ1n) is 5.38. The molecular formula is C12H10INO4S2. The van der Waals surface area contributed by atoms with Crippen LogP contribution in [0.25, 0.3) is 0 Å². The van der Waals surface area contributed by atoms with E-state index in [0.717, 1.165) is 14.9 Å². The summed E-state index contributed by atoms with van der Waals surface area (Å²) >= 11 is 3.21. The number of nitrogens with one attached hydrogen (secondary N) is 1. The van der Waals surface area contributed by atoms with E-state index in [-0.39, 0.29) is 15.5 Å². The molecule has 0 fully saturated rings. The molecule has 5 nitrogen and oxygen atoms in total. The first-order chi connectivity index (χ1) is 9.44. The summed E-state index contributed by atoms with van der Waals surface area (Å²) in [5.74, 6) is -0.569. The Balaban J connectivity index is 2.32. The van der Waals surface area contributed by atoms with Crippen LogP contribution in [0.3, 0.4) is 0 Å². The predicted octanol–water partition coefficient (Wildman–Crippen LogP) is 2.94. The second-order valence-electron chi connectivity index (χ2n) is 3.71. The van der Waals surface area contributed by atoms with Crippen molar-refractivity contribution >= 4 is 55.6 Å². The van der Waals surface area contributed by atoms with Crippen LogP contribution in [0.5, 0.6) is 0 Å². The van der Waals surface area contributed by atoms with Crippen molar-refractivity contribution in [3.63, 3.8) is 0 Å². The van der Waals surface area contributed by atoms with Crippen LogP contribution < -0.4 is 4.72 Å². The number of carbonyl (C=O) groups excluding carboxylic acids is 1. The van der Waals surface area contributed by atoms with Gasteiger partial charge < -0.3 is 4.74 Å². The molecule has 1 N–H and O–H groups in total. The summed E-state index contributed by atoms with van der Waals surface area (Å²) in [5.41, 5.74) is 0.223. The van der Waals surface area contributed by atoms with Gasteiger partial charge >= 0.3 is 5.97 Å². The van der Waals surface area contributed by atoms with Gasteiger partial charge in [0.2, 0.25) is 0 Å². The molecule has 0 saturated heterocycles. The molecule has 0 radical (unpaired) electrons. The number of hydrogen-bond acceptors (Lipinski definition) is 5. The zero-order valence-electron chi connectivity index (χ0n) is 10.3. The minimum atomic E-state index is -3.72. The quantitative estimate of drug-likeness (QED) is 0.607. The number of benzene rings is 1. The maximum absolute atomic E-state index is 12.2. The van der Waals surface area contributed by atoms with Gasteiger partial charge in [-0.3, -0.25) is 4.72 Å². The summed E-state index contributed by atoms with van der Waals surface area (Å²) in [5, 5.41) is 1.62. The topological polar surface area (TPSA) is 72.5 Å². The van der Waals surface area contributed by atoms with Crippen molar-refractivity contribution in [1.82, 2.24) is 0 Å². The average molecular weight is 423 g/mol. The highest BCUT2D eigenvalue weighted by atomic mass is 127. The number of carbonyl (C=O) groups is 1. The second kappa shape index (κ2) is 6.10. The Morgan fingerprint density at radius 1 is 1.25 bits per heavy atom. The van der Waals surface area contributed by atoms with Crippen molar-refractivity contribution < 1.29 is 17.9 Å². The standard InChI is InChI=1S/C12H10INO4S2/c1-18-12(15)11-10(6-7-19-11)14-20(16,17)9-4-2-8(13)3-5-9/h2-7,14H,1H3. The Morgan fingerprint density at radius 2 is 1.90 bits per heavy atom. The van der Waals surface area contributed by atoms with Crippen molar-refractivity contribution in [2.45, 2.75) is 4.90 Å². The molecule has 8 heteroatoms. The minimum absolute atomic E-state index is 0.139. The smallest absolute Gasteiger partial charge is 0.350 e. The van der Waals surface area contributed by atoms with Crippen LogP contribution >= 0.6 is 33.9 Å². The van der Waals surface area contributed by atoms with Crippen LogP contribution in [0.2, 0.25) is 0 Å². The number of halogens is 1. The van der Waals surface area contributed by atoms with Crippen molar-refractivity contribution in [3.8, 4) is 0 Å². The van der Waals surface area contributed by atoms with Gasteiger partial charge in [0.25, 0.3) is 10.0 Å². The third kappa shape index (κ3) is 3.30. The number of hydrogen-bond donors (Lipinski definition) is 1. The zero-order chi connectivity index (χ0) is 14.8. The highest BCUT2D eigenvalue weighted by Gasteiger charge is 2.20. The molecule has 0 atom stereocenters. The fraction of sp³-hybridized carbons (Fsp3) is 0.0833. The molecule has 0 aliphatic carbocycles. The molecule has 1 aromatic carbocycles. The normalized spacial score (nSPS) is 11.1. The summed E-state index contributed by atoms with van der Waals surface area (Å²) in [6, 6.07) is 7.94. The number of ether oxygens (including phenoxy) is 1. The molecule has 0 spiro atoms. The summed E-state index contributed by atoms with van der Waals surface area (Å²) in [7, 11) is -2.47. The Hall–Kier alpha value is -1.13. The van der Waals surface area contributed by atoms with E-state index in [2.05, 4.69) is 32.0 Å². The maximum atomic E-state index is 12.2. The fourth-order valence-electron chi connectivity index (χ4n) is 1.46. The van der Waals surface area contributed by atoms with Crippen LogP contribution in [0.4, 0.5) is 5.69 Å². The molecule has 0 aliphatic heterocycles. The number of methoxy groups -OCH3 is 1. The molecule has 1 heterocycles. The van der Waals surface area contributed by atoms with Gasteiger partial charge in [0.05, 0.1) is 17.7 Å². The largest absolute Gasteiger partial charge is 0.465 e. The predicted molar refractivity (Wildman–Crippen MR) is 85.6 cm³/mol. The molecule has 106 valence electrons. The lowest BCUT2D eigenvalue weighted by molar-refractivity contribution is 0.0607. The summed E-state index contributed by atoms with van der Waals surface area (Å²) < 4.78 is 32.4. The molecule has 20 heavy (non-hydrogen) atoms. The number of esters is 1. The van der Waals surface area contributed by atoms with E-state index >= 15 is 0 Å². The van der Waals surface area contributed by atoms with Gasteiger partial charge in [0.1, 0.15) is 4.88 Å². The van der Waals surface area contributed by atoms with E-state index in [4.69, 9.17) is 0 Å². The van der Waals surface area contributed by atoms with Gasteiger partial charge in [0, 0.05) is 3.57 Å². The van der Waals surface area contributed by atoms with Gasteiger partial charge in [-0.15, -0.1) is 11.3 Å². The number of sulfonamides is 1. The molecule has 2 rings (SSSR count). The second-order valence-corrected chi connectivity index (χ2v) is 7.56. The first kappa shape index (κ1) is 15.3. The monoisotopic (exact) mass is 423 g/mol. The highest BCUT2D eigenvalue weighted by Crippen LogP contribution is 2.26. The van der Waals surface area contributed by atoms with Crippen molar-refractivity contribution in [3.05, 3.63) is 44.2 Å². The van der Waals surface area contributed by atoms with Crippen LogP contribution in [-0.4, -0.2) is 21.5 Å². The summed E-state index contributed by atoms with van der Waals surface area (Å²) in [6.45, 7) is 0. The lowest BCUT2D eigenvalue weighted by atomic mass is 10.4. The van der Waals surface area contributed by atoms with Crippen LogP contribution in [-0.2, 0) is 14.8 Å². The molecule has 1 aromatic heterocycles. The van der Waals surface area contributed by atoms with Gasteiger partial charge in [-0.05, 0) is 58.3 Å². The molecule has 0 bridgehead atoms. The fourth-order valence-corrected chi connectivity index (χ4v) is 3.72. The molecule has 0 saturated carbocycles. The Kier molecular flexibility index (Phi) is 4.66. The van der Waals surface area contributed by atoms with E-state index in [1.165, 1.54) is 25.3 Å². The van der Waals surface area contributed by atoms with Gasteiger partial charge in [-0.1, -0.05) is 0 Å². The van der Waals surface area contributed by atoms with E-state index in [1.54, 1.807) is 17.5 Å². The lowest BCUT2D eigenvalue weighted by Crippen LogP contribution is -2.14. The van der Waals surface area contributed by atoms with Crippen LogP contribution in [0.1, 0.15) is 9.67 Å². The highest BCUT2D eigenvalue weighted by molar-refractivity contribution is 14.1. The molecule has 0 amide bonds. The number of thiophene rings is 1. The number of rotatable bonds is 4. The lowest BCUT2D eigenvalue weighted by Gasteiger charge is -2.08. The Morgan fingerprint density at radius 3 is 2.50 bits per heavy atom. The third-order valence-electron chi connectivity index (χ3n) is 2.40. The van der Waals surface area contributed by atoms with Gasteiger partial charge in [0.15, 0.2) is 0 Å². The van der Waals surface area contributed by atoms with Crippen LogP contribution in [0, 0.1) is 3.57 Å². The van der Waals surface area contributed by atoms with Crippen LogP contribution in [0.15, 0.2) is 40.6 Å². The average Bonchev–Trinajstić information content (AvgIpc) is 2.85. The maximum Gasteiger partial charge on any atom is 0.350 e. The number of anilines is 1. The minimum Gasteiger partial charge on any atom is -0.465 e. The summed E-state index contributed by atoms with van der Waals surface area (Å²) in [6.07, 6.45) is 0. The van der Waals surface area contributed by atoms with Crippen molar-refractivity contribution in [2.75, 3.05) is 11.8 Å². The van der Waals surface area contributed by atoms with Gasteiger partial charge in [-0.25, -0.2) is 13.2 Å². The van der Waals surface area contributed by atoms with E-state index in [0.29, 0.717) is 0 Å². The molecule has 2 aromatic rings. The third-order valence-corrected chi connectivity index (χ3v) is 5.40. The van der Waals surface area contributed by atoms with E-state index in [1.807, 2.05) is 0 Å². The van der Waals surface area contributed by atoms with Crippen molar-refractivity contribution in [1.29, 1.82) is 0 Å². The Bertz CT molecular complexity index is 722. The van der Waals surface area contributed by atoms with Crippen molar-refractivity contribution in [2.24, 2.45) is 0 Å². The Labute approximate surface area is 134 Å². The van der Waals surface area contributed by atoms with Gasteiger partial charge in [-0.2, -0.15) is 0 Å². The first-order valence-corrected chi connectivity index (χ1v) is 8.82. The van der Waals surface area contributed by atoms with E-state index < -0.39 is 16.0 Å². The molecule has 0 aliphatic rings. The molecule has 0 unspecified atom stereocenters. The SMILES string of the molecule is COC(=O)c1sccc1NS(=O)(=O)c1ccc(I)cc1. The summed E-state index contributed by atoms with van der Waals surface area (Å²) in [4.78, 5) is 11.9. The van der Waals surface area contributed by atoms with E-state index in [9.17, 15) is 13.2 Å². The zero-order valence-corrected chi connectivity index (χ0v) is 14.1. The molecular weight excluding hydrogens is 413 g/mol.